The van der Waals surface area contributed by atoms with Gasteiger partial charge >= 0.3 is 5.97 Å². The molecule has 1 saturated carbocycles. The number of nitrogens with zero attached hydrogens (tertiary/aromatic N) is 1. The summed E-state index contributed by atoms with van der Waals surface area (Å²) in [7, 11) is 1.76. The van der Waals surface area contributed by atoms with Gasteiger partial charge in [0.15, 0.2) is 13.2 Å². The second kappa shape index (κ2) is 26.5. The molecule has 4 rings (SSSR count). The van der Waals surface area contributed by atoms with E-state index in [4.69, 9.17) is 28.2 Å². The molecule has 0 radical (unpaired) electrons. The Morgan fingerprint density at radius 1 is 0.855 bits per heavy atom. The maximum absolute atomic E-state index is 14.5. The predicted octanol–water partition coefficient (Wildman–Crippen LogP) is 7.89. The average molecular weight is 990 g/mol. The number of piperidine rings is 1. The summed E-state index contributed by atoms with van der Waals surface area (Å²) in [4.78, 5) is 72.3. The topological polar surface area (TPSA) is 201 Å². The molecule has 1 aliphatic carbocycles. The lowest BCUT2D eigenvalue weighted by molar-refractivity contribution is -0.266. The van der Waals surface area contributed by atoms with E-state index in [-0.39, 0.29) is 60.8 Å². The minimum Gasteiger partial charge on any atom is -0.460 e. The normalized spacial score (nSPS) is 39.0. The van der Waals surface area contributed by atoms with Crippen LogP contribution >= 0.6 is 7.37 Å². The fourth-order valence-corrected chi connectivity index (χ4v) is 11.5. The number of aliphatic hydroxyl groups excluding tert-OH is 1. The van der Waals surface area contributed by atoms with E-state index in [9.17, 15) is 38.8 Å². The number of methoxy groups -OCH3 is 3. The summed E-state index contributed by atoms with van der Waals surface area (Å²) in [6.07, 6.45) is 11.2. The predicted molar refractivity (Wildman–Crippen MR) is 264 cm³/mol. The summed E-state index contributed by atoms with van der Waals surface area (Å²) in [5.74, 6) is -7.36. The van der Waals surface area contributed by atoms with Crippen molar-refractivity contribution in [2.75, 3.05) is 34.7 Å². The van der Waals surface area contributed by atoms with E-state index in [1.807, 2.05) is 58.1 Å². The third kappa shape index (κ3) is 16.2. The monoisotopic (exact) mass is 990 g/mol. The molecule has 2 saturated heterocycles. The summed E-state index contributed by atoms with van der Waals surface area (Å²) in [5, 5.41) is 23.4. The van der Waals surface area contributed by atoms with Gasteiger partial charge in [0.1, 0.15) is 30.1 Å². The van der Waals surface area contributed by atoms with Crippen molar-refractivity contribution in [2.45, 2.75) is 193 Å². The van der Waals surface area contributed by atoms with Crippen LogP contribution in [0.5, 0.6) is 0 Å². The molecule has 0 aromatic rings. The molecular weight excluding hydrogens is 906 g/mol. The minimum atomic E-state index is -2.79. The average Bonchev–Trinajstić information content (AvgIpc) is 3.29. The van der Waals surface area contributed by atoms with Gasteiger partial charge in [-0.15, -0.1) is 0 Å². The van der Waals surface area contributed by atoms with Gasteiger partial charge in [0, 0.05) is 71.8 Å². The molecule has 3 heterocycles. The first kappa shape index (κ1) is 58.4. The number of carbonyl (C=O) groups is 5. The summed E-state index contributed by atoms with van der Waals surface area (Å²) >= 11 is 0. The van der Waals surface area contributed by atoms with Gasteiger partial charge in [-0.1, -0.05) is 64.2 Å². The third-order valence-electron chi connectivity index (χ3n) is 14.9. The lowest BCUT2D eigenvalue weighted by Crippen LogP contribution is -2.62. The van der Waals surface area contributed by atoms with Crippen LogP contribution in [0.2, 0.25) is 0 Å². The Kier molecular flexibility index (Phi) is 22.5. The Labute approximate surface area is 411 Å². The van der Waals surface area contributed by atoms with E-state index in [0.29, 0.717) is 63.4 Å². The van der Waals surface area contributed by atoms with E-state index < -0.39 is 85.3 Å². The summed E-state index contributed by atoms with van der Waals surface area (Å²) in [6.45, 7) is 15.9. The van der Waals surface area contributed by atoms with Gasteiger partial charge in [0.05, 0.1) is 24.4 Å². The van der Waals surface area contributed by atoms with Crippen LogP contribution in [-0.2, 0) is 56.7 Å². The number of aliphatic hydroxyl groups is 2. The molecule has 16 heteroatoms. The highest BCUT2D eigenvalue weighted by atomic mass is 31.2. The number of hydrogen-bond acceptors (Lipinski definition) is 14. The number of fused-ring (bicyclic) bond motifs is 3. The maximum Gasteiger partial charge on any atom is 0.329 e. The summed E-state index contributed by atoms with van der Waals surface area (Å²) in [5.41, 5.74) is 1.26. The molecule has 3 fully saturated rings. The molecule has 0 spiro atoms. The summed E-state index contributed by atoms with van der Waals surface area (Å²) in [6, 6.07) is -1.73. The van der Waals surface area contributed by atoms with Crippen molar-refractivity contribution < 1.29 is 67.0 Å². The molecule has 15 atom stereocenters. The highest BCUT2D eigenvalue weighted by molar-refractivity contribution is 7.57. The zero-order chi connectivity index (χ0) is 51.4. The highest BCUT2D eigenvalue weighted by Crippen LogP contribution is 2.45. The molecular formula is C53H84NO14P. The summed E-state index contributed by atoms with van der Waals surface area (Å²) < 4.78 is 48.2. The molecule has 0 aromatic heterocycles. The standard InChI is InChI=1S/C53H84NO14P/c1-32-17-14-13-15-18-33(2)44(63-8)31-41-25-22-37(6)53(61,67-41)50(58)51(59)54-38(7)19-16-20-42(54)52(60)66-45(35(4)28-39-23-26-43(46(29-39)64-9)68-69(11,12)62)30-40(55)24-21-34(3)47(56)49(65-10)48(57)36(5)27-32/h13-15,17-18,21,32,35-39,41-47,49,56,61H,16,19-20,22-31H2,1-12H3/b15-13+,17-14+,33-18-,34-21+/t32-,35-,36-,37-,38?,39+,41+,42+,43-,44+,45+,46-,47-,49-,53-/m1/s1. The van der Waals surface area contributed by atoms with Crippen molar-refractivity contribution >= 4 is 36.6 Å². The van der Waals surface area contributed by atoms with Gasteiger partial charge in [0.2, 0.25) is 5.79 Å². The number of rotatable bonds is 8. The van der Waals surface area contributed by atoms with Crippen LogP contribution in [0.4, 0.5) is 0 Å². The van der Waals surface area contributed by atoms with Crippen molar-refractivity contribution in [2.24, 2.45) is 29.6 Å². The Morgan fingerprint density at radius 3 is 2.22 bits per heavy atom. The zero-order valence-electron chi connectivity index (χ0n) is 43.4. The van der Waals surface area contributed by atoms with Crippen LogP contribution in [0.15, 0.2) is 47.6 Å². The SMILES string of the molecule is CO[C@H]1C[C@@H]2CC[C@@H](C)[C@@](O)(O2)C(=O)C(=O)N2C(C)CCC[C@H]2C(=O)O[C@H]([C@H](C)C[C@@H]2CC[C@@H](OP(C)(C)=O)[C@H](OC)C2)CC(=O)C/C=C(\C)[C@@H](O)[C@@H](OC)C(=O)[C@H](C)C[C@H](C)/C=C/C=C/C=C\1C. The van der Waals surface area contributed by atoms with Gasteiger partial charge in [-0.25, -0.2) is 4.79 Å². The second-order valence-corrected chi connectivity index (χ2v) is 23.7. The quantitative estimate of drug-likeness (QED) is 0.103. The molecule has 69 heavy (non-hydrogen) atoms. The first-order valence-electron chi connectivity index (χ1n) is 25.2. The van der Waals surface area contributed by atoms with E-state index >= 15 is 0 Å². The first-order valence-corrected chi connectivity index (χ1v) is 27.7. The van der Waals surface area contributed by atoms with Gasteiger partial charge in [0.25, 0.3) is 11.7 Å². The fraction of sp³-hybridized carbons (Fsp3) is 0.755. The molecule has 3 aliphatic heterocycles. The first-order chi connectivity index (χ1) is 32.4. The highest BCUT2D eigenvalue weighted by Gasteiger charge is 2.54. The van der Waals surface area contributed by atoms with Crippen molar-refractivity contribution in [3.8, 4) is 0 Å². The number of hydrogen-bond donors (Lipinski definition) is 2. The zero-order valence-corrected chi connectivity index (χ0v) is 44.3. The van der Waals surface area contributed by atoms with Crippen LogP contribution in [0.1, 0.15) is 132 Å². The Hall–Kier alpha value is -3.14. The van der Waals surface area contributed by atoms with Crippen molar-refractivity contribution in [3.63, 3.8) is 0 Å². The Morgan fingerprint density at radius 2 is 1.57 bits per heavy atom. The Balaban J connectivity index is 1.70. The smallest absolute Gasteiger partial charge is 0.329 e. The number of esters is 1. The lowest BCUT2D eigenvalue weighted by Gasteiger charge is -2.44. The van der Waals surface area contributed by atoms with E-state index in [0.717, 1.165) is 12.0 Å². The molecule has 4 aliphatic rings. The number of cyclic esters (lactones) is 1. The minimum absolute atomic E-state index is 0.0146. The molecule has 1 amide bonds. The number of Topliss-reactive ketones (excluding diaryl/α,β-unsaturated/α-hetero) is 3. The molecule has 15 nitrogen and oxygen atoms in total. The van der Waals surface area contributed by atoms with Crippen molar-refractivity contribution in [1.29, 1.82) is 0 Å². The van der Waals surface area contributed by atoms with Crippen LogP contribution in [0, 0.1) is 29.6 Å². The van der Waals surface area contributed by atoms with E-state index in [1.165, 1.54) is 12.0 Å². The third-order valence-corrected chi connectivity index (χ3v) is 15.7. The molecule has 1 unspecified atom stereocenters. The number of ketones is 3. The number of ether oxygens (including phenoxy) is 5. The fourth-order valence-electron chi connectivity index (χ4n) is 10.6. The van der Waals surface area contributed by atoms with Crippen LogP contribution in [-0.4, -0.2) is 140 Å². The molecule has 2 bridgehead atoms. The van der Waals surface area contributed by atoms with E-state index in [1.54, 1.807) is 54.4 Å². The van der Waals surface area contributed by atoms with Crippen LogP contribution < -0.4 is 0 Å². The number of allylic oxidation sites excluding steroid dienone is 6. The number of carbonyl (C=O) groups excluding carboxylic acids is 5. The second-order valence-electron chi connectivity index (χ2n) is 20.9. The van der Waals surface area contributed by atoms with E-state index in [2.05, 4.69) is 0 Å². The molecule has 390 valence electrons. The molecule has 0 aromatic carbocycles. The molecule has 2 N–H and O–H groups in total. The van der Waals surface area contributed by atoms with Crippen LogP contribution in [0.3, 0.4) is 0 Å². The maximum atomic E-state index is 14.5. The van der Waals surface area contributed by atoms with Crippen LogP contribution in [0.25, 0.3) is 0 Å². The van der Waals surface area contributed by atoms with Crippen molar-refractivity contribution in [1.82, 2.24) is 4.90 Å². The van der Waals surface area contributed by atoms with Crippen molar-refractivity contribution in [3.05, 3.63) is 47.6 Å². The van der Waals surface area contributed by atoms with Gasteiger partial charge in [-0.2, -0.15) is 0 Å². The number of amides is 1. The van der Waals surface area contributed by atoms with Gasteiger partial charge in [-0.3, -0.25) is 23.7 Å². The lowest BCUT2D eigenvalue weighted by atomic mass is 9.78. The van der Waals surface area contributed by atoms with Gasteiger partial charge < -0.3 is 43.3 Å². The largest absolute Gasteiger partial charge is 0.460 e. The Bertz CT molecular complexity index is 1940. The van der Waals surface area contributed by atoms with Gasteiger partial charge in [-0.05, 0) is 114 Å².